The van der Waals surface area contributed by atoms with Crippen LogP contribution < -0.4 is 19.3 Å². The van der Waals surface area contributed by atoms with Gasteiger partial charge in [-0.2, -0.15) is 0 Å². The van der Waals surface area contributed by atoms with Gasteiger partial charge in [-0.1, -0.05) is 48.5 Å². The third-order valence-electron chi connectivity index (χ3n) is 9.55. The number of benzene rings is 4. The smallest absolute Gasteiger partial charge is 0.308 e. The van der Waals surface area contributed by atoms with Gasteiger partial charge >= 0.3 is 11.9 Å². The van der Waals surface area contributed by atoms with E-state index < -0.39 is 5.97 Å². The Hall–Kier alpha value is -3.81. The molecule has 0 saturated heterocycles. The number of amides is 1. The van der Waals surface area contributed by atoms with E-state index in [-0.39, 0.29) is 29.6 Å². The van der Waals surface area contributed by atoms with Crippen molar-refractivity contribution in [3.63, 3.8) is 0 Å². The van der Waals surface area contributed by atoms with Crippen LogP contribution in [0.25, 0.3) is 21.5 Å². The molecular formula is C36H34Cl2N2O5. The van der Waals surface area contributed by atoms with E-state index in [9.17, 15) is 14.4 Å². The molecule has 0 radical (unpaired) electrons. The second-order valence-corrected chi connectivity index (χ2v) is 13.1. The van der Waals surface area contributed by atoms with E-state index in [2.05, 4.69) is 11.0 Å². The van der Waals surface area contributed by atoms with Gasteiger partial charge in [0, 0.05) is 91.6 Å². The van der Waals surface area contributed by atoms with Gasteiger partial charge in [-0.15, -0.1) is 23.2 Å². The van der Waals surface area contributed by atoms with Gasteiger partial charge in [-0.25, -0.2) is 0 Å². The Morgan fingerprint density at radius 1 is 0.733 bits per heavy atom. The number of carbonyl (C=O) groups is 3. The van der Waals surface area contributed by atoms with E-state index in [1.807, 2.05) is 59.5 Å². The minimum atomic E-state index is -0.403. The monoisotopic (exact) mass is 644 g/mol. The van der Waals surface area contributed by atoms with E-state index in [0.717, 1.165) is 64.4 Å². The molecule has 4 aromatic carbocycles. The molecule has 0 unspecified atom stereocenters. The van der Waals surface area contributed by atoms with E-state index in [0.29, 0.717) is 35.7 Å². The van der Waals surface area contributed by atoms with Crippen molar-refractivity contribution in [2.45, 2.75) is 38.5 Å². The van der Waals surface area contributed by atoms with Crippen LogP contribution in [-0.2, 0) is 14.4 Å². The molecule has 2 heterocycles. The maximum Gasteiger partial charge on any atom is 0.308 e. The Bertz CT molecular complexity index is 1850. The predicted octanol–water partition coefficient (Wildman–Crippen LogP) is 7.38. The Balaban J connectivity index is 1.12. The number of nitrogens with zero attached hydrogens (tertiary/aromatic N) is 2. The Labute approximate surface area is 272 Å². The zero-order valence-electron chi connectivity index (χ0n) is 25.2. The fraction of sp³-hybridized carbons (Fsp3) is 0.361. The van der Waals surface area contributed by atoms with Gasteiger partial charge in [-0.05, 0) is 40.7 Å². The number of esters is 2. The first-order valence-corrected chi connectivity index (χ1v) is 16.5. The standard InChI is InChI=1S/C36H34Cl2N2O5/c1-20(41)44-32-13-30-34(28-9-5-3-7-26(28)32)24(15-37)18-39(30)17-22-11-23(12-22)36(43)40-19-25(16-38)35-29-10-6-4-8-27(29)33(14-31(35)40)45-21(2)42/h3-10,13-14,22-25H,11-12,15-19H2,1-2H3/t22-,23+,24-,25-/m1/s1. The normalized spacial score (nSPS) is 21.9. The molecule has 0 N–H and O–H groups in total. The first-order valence-electron chi connectivity index (χ1n) is 15.4. The summed E-state index contributed by atoms with van der Waals surface area (Å²) < 4.78 is 11.2. The number of carbonyl (C=O) groups excluding carboxylic acids is 3. The molecule has 7 rings (SSSR count). The van der Waals surface area contributed by atoms with Crippen molar-refractivity contribution in [1.29, 1.82) is 0 Å². The molecule has 2 aliphatic heterocycles. The van der Waals surface area contributed by atoms with Gasteiger partial charge in [0.15, 0.2) is 0 Å². The number of rotatable bonds is 7. The van der Waals surface area contributed by atoms with Crippen molar-refractivity contribution >= 4 is 74.0 Å². The fourth-order valence-corrected chi connectivity index (χ4v) is 8.14. The van der Waals surface area contributed by atoms with Crippen molar-refractivity contribution in [2.24, 2.45) is 11.8 Å². The Morgan fingerprint density at radius 3 is 1.76 bits per heavy atom. The highest BCUT2D eigenvalue weighted by molar-refractivity contribution is 6.19. The predicted molar refractivity (Wildman–Crippen MR) is 178 cm³/mol. The summed E-state index contributed by atoms with van der Waals surface area (Å²) in [7, 11) is 0. The molecule has 0 aromatic heterocycles. The summed E-state index contributed by atoms with van der Waals surface area (Å²) in [4.78, 5) is 42.0. The highest BCUT2D eigenvalue weighted by atomic mass is 35.5. The van der Waals surface area contributed by atoms with E-state index in [1.54, 1.807) is 0 Å². The number of fused-ring (bicyclic) bond motifs is 6. The van der Waals surface area contributed by atoms with Gasteiger partial charge in [0.05, 0.1) is 5.69 Å². The van der Waals surface area contributed by atoms with Crippen molar-refractivity contribution in [3.05, 3.63) is 71.8 Å². The number of alkyl halides is 2. The van der Waals surface area contributed by atoms with Gasteiger partial charge < -0.3 is 19.3 Å². The summed E-state index contributed by atoms with van der Waals surface area (Å²) in [5.41, 5.74) is 4.07. The highest BCUT2D eigenvalue weighted by Gasteiger charge is 2.43. The molecule has 2 atom stereocenters. The molecule has 232 valence electrons. The lowest BCUT2D eigenvalue weighted by Gasteiger charge is -2.39. The lowest BCUT2D eigenvalue weighted by molar-refractivity contribution is -0.132. The molecule has 0 bridgehead atoms. The maximum atomic E-state index is 14.0. The molecule has 9 heteroatoms. The first kappa shape index (κ1) is 29.9. The zero-order valence-corrected chi connectivity index (χ0v) is 26.7. The van der Waals surface area contributed by atoms with Gasteiger partial charge in [0.1, 0.15) is 11.5 Å². The third kappa shape index (κ3) is 5.20. The second kappa shape index (κ2) is 11.8. The van der Waals surface area contributed by atoms with Crippen LogP contribution in [0.1, 0.15) is 49.7 Å². The summed E-state index contributed by atoms with van der Waals surface area (Å²) >= 11 is 12.9. The molecule has 1 fully saturated rings. The molecule has 7 nitrogen and oxygen atoms in total. The van der Waals surface area contributed by atoms with Gasteiger partial charge in [-0.3, -0.25) is 14.4 Å². The zero-order chi connectivity index (χ0) is 31.4. The molecule has 1 amide bonds. The number of halogens is 2. The summed E-state index contributed by atoms with van der Waals surface area (Å²) in [6.45, 7) is 4.89. The molecule has 0 spiro atoms. The Morgan fingerprint density at radius 2 is 1.22 bits per heavy atom. The lowest BCUT2D eigenvalue weighted by Crippen LogP contribution is -2.44. The van der Waals surface area contributed by atoms with Crippen LogP contribution in [-0.4, -0.2) is 49.2 Å². The molecule has 3 aliphatic rings. The van der Waals surface area contributed by atoms with Crippen molar-refractivity contribution in [1.82, 2.24) is 0 Å². The summed E-state index contributed by atoms with van der Waals surface area (Å²) in [6, 6.07) is 19.6. The van der Waals surface area contributed by atoms with Gasteiger partial charge in [0.2, 0.25) is 5.91 Å². The summed E-state index contributed by atoms with van der Waals surface area (Å²) in [5, 5.41) is 3.76. The van der Waals surface area contributed by atoms with E-state index >= 15 is 0 Å². The molecular weight excluding hydrogens is 611 g/mol. The third-order valence-corrected chi connectivity index (χ3v) is 10.3. The van der Waals surface area contributed by atoms with Crippen molar-refractivity contribution < 1.29 is 23.9 Å². The van der Waals surface area contributed by atoms with Crippen molar-refractivity contribution in [2.75, 3.05) is 41.2 Å². The lowest BCUT2D eigenvalue weighted by atomic mass is 9.73. The Kier molecular flexibility index (Phi) is 7.86. The number of hydrogen-bond acceptors (Lipinski definition) is 6. The quantitative estimate of drug-likeness (QED) is 0.119. The average molecular weight is 646 g/mol. The van der Waals surface area contributed by atoms with Crippen LogP contribution in [0.5, 0.6) is 11.5 Å². The molecule has 1 saturated carbocycles. The summed E-state index contributed by atoms with van der Waals surface area (Å²) in [6.07, 6.45) is 1.56. The van der Waals surface area contributed by atoms with Crippen LogP contribution in [0.3, 0.4) is 0 Å². The average Bonchev–Trinajstić information content (AvgIpc) is 3.56. The van der Waals surface area contributed by atoms with Crippen LogP contribution in [0.15, 0.2) is 60.7 Å². The number of ether oxygens (including phenoxy) is 2. The van der Waals surface area contributed by atoms with E-state index in [4.69, 9.17) is 32.7 Å². The minimum absolute atomic E-state index is 0.00686. The van der Waals surface area contributed by atoms with Crippen LogP contribution in [0.2, 0.25) is 0 Å². The maximum absolute atomic E-state index is 14.0. The van der Waals surface area contributed by atoms with Crippen molar-refractivity contribution in [3.8, 4) is 11.5 Å². The highest BCUT2D eigenvalue weighted by Crippen LogP contribution is 2.49. The molecule has 45 heavy (non-hydrogen) atoms. The van der Waals surface area contributed by atoms with E-state index in [1.165, 1.54) is 19.4 Å². The largest absolute Gasteiger partial charge is 0.426 e. The van der Waals surface area contributed by atoms with Crippen LogP contribution >= 0.6 is 23.2 Å². The van der Waals surface area contributed by atoms with Crippen LogP contribution in [0, 0.1) is 11.8 Å². The number of anilines is 2. The molecule has 4 aromatic rings. The minimum Gasteiger partial charge on any atom is -0.426 e. The summed E-state index contributed by atoms with van der Waals surface area (Å²) in [5.74, 6) is 1.62. The topological polar surface area (TPSA) is 76.2 Å². The molecule has 1 aliphatic carbocycles. The SMILES string of the molecule is CC(=O)Oc1cc2c(c3ccccc13)[C@H](CCl)CN2C[C@H]1C[C@@H](C(=O)N2C[C@@H](CCl)c3c2cc(OC(C)=O)c2ccccc32)C1. The number of hydrogen-bond donors (Lipinski definition) is 0. The van der Waals surface area contributed by atoms with Gasteiger partial charge in [0.25, 0.3) is 0 Å². The first-order chi connectivity index (χ1) is 21.8. The fourth-order valence-electron chi connectivity index (χ4n) is 7.64. The second-order valence-electron chi connectivity index (χ2n) is 12.5. The van der Waals surface area contributed by atoms with Crippen LogP contribution in [0.4, 0.5) is 11.4 Å².